The Kier molecular flexibility index (Phi) is 6.72. The molecule has 86 valence electrons. The Morgan fingerprint density at radius 1 is 1.53 bits per heavy atom. The summed E-state index contributed by atoms with van der Waals surface area (Å²) in [6.07, 6.45) is 3.68. The number of rotatable bonds is 8. The lowest BCUT2D eigenvalue weighted by Crippen LogP contribution is -2.49. The fourth-order valence-electron chi connectivity index (χ4n) is 1.46. The molecule has 0 fully saturated rings. The zero-order valence-corrected chi connectivity index (χ0v) is 9.55. The molecular formula is C11H20N2O2. The van der Waals surface area contributed by atoms with Gasteiger partial charge in [0.1, 0.15) is 5.54 Å². The molecule has 0 aliphatic carbocycles. The molecule has 0 aromatic rings. The molecule has 0 saturated heterocycles. The van der Waals surface area contributed by atoms with E-state index in [1.54, 1.807) is 6.92 Å². The standard InChI is InChI=1S/C11H20N2O2/c1-3-7-11(2,10(14)15)13-9-6-4-5-8-12/h13H,3-7,9H2,1-2H3,(H,14,15). The number of unbranched alkanes of at least 4 members (excludes halogenated alkanes) is 2. The highest BCUT2D eigenvalue weighted by atomic mass is 16.4. The van der Waals surface area contributed by atoms with Gasteiger partial charge in [-0.1, -0.05) is 13.3 Å². The minimum absolute atomic E-state index is 0.541. The lowest BCUT2D eigenvalue weighted by atomic mass is 9.96. The molecule has 1 unspecified atom stereocenters. The molecule has 2 N–H and O–H groups in total. The molecule has 0 aliphatic rings. The molecule has 1 atom stereocenters. The predicted octanol–water partition coefficient (Wildman–Crippen LogP) is 1.91. The summed E-state index contributed by atoms with van der Waals surface area (Å²) < 4.78 is 0. The van der Waals surface area contributed by atoms with Crippen molar-refractivity contribution in [2.24, 2.45) is 0 Å². The Morgan fingerprint density at radius 3 is 2.67 bits per heavy atom. The summed E-state index contributed by atoms with van der Waals surface area (Å²) in [6, 6.07) is 2.07. The van der Waals surface area contributed by atoms with Crippen LogP contribution in [0.25, 0.3) is 0 Å². The first kappa shape index (κ1) is 13.9. The summed E-state index contributed by atoms with van der Waals surface area (Å²) in [4.78, 5) is 11.0. The second-order valence-corrected chi connectivity index (χ2v) is 3.93. The molecule has 0 saturated carbocycles. The maximum atomic E-state index is 11.0. The van der Waals surface area contributed by atoms with E-state index in [1.165, 1.54) is 0 Å². The Bertz CT molecular complexity index is 235. The van der Waals surface area contributed by atoms with Gasteiger partial charge in [0.15, 0.2) is 0 Å². The highest BCUT2D eigenvalue weighted by Crippen LogP contribution is 2.12. The average molecular weight is 212 g/mol. The Morgan fingerprint density at radius 2 is 2.20 bits per heavy atom. The van der Waals surface area contributed by atoms with E-state index in [1.807, 2.05) is 6.92 Å². The molecule has 0 aliphatic heterocycles. The minimum Gasteiger partial charge on any atom is -0.480 e. The van der Waals surface area contributed by atoms with Crippen LogP contribution in [0.15, 0.2) is 0 Å². The summed E-state index contributed by atoms with van der Waals surface area (Å²) >= 11 is 0. The SMILES string of the molecule is CCCC(C)(NCCCCC#N)C(=O)O. The van der Waals surface area contributed by atoms with Gasteiger partial charge in [0.25, 0.3) is 0 Å². The van der Waals surface area contributed by atoms with Crippen LogP contribution in [0.4, 0.5) is 0 Å². The lowest BCUT2D eigenvalue weighted by molar-refractivity contribution is -0.144. The summed E-state index contributed by atoms with van der Waals surface area (Å²) in [7, 11) is 0. The van der Waals surface area contributed by atoms with Crippen molar-refractivity contribution < 1.29 is 9.90 Å². The largest absolute Gasteiger partial charge is 0.480 e. The monoisotopic (exact) mass is 212 g/mol. The second-order valence-electron chi connectivity index (χ2n) is 3.93. The van der Waals surface area contributed by atoms with E-state index in [0.717, 1.165) is 19.3 Å². The van der Waals surface area contributed by atoms with Crippen molar-refractivity contribution in [2.45, 2.75) is 51.5 Å². The number of hydrogen-bond acceptors (Lipinski definition) is 3. The van der Waals surface area contributed by atoms with Gasteiger partial charge in [-0.15, -0.1) is 0 Å². The number of aliphatic carboxylic acids is 1. The highest BCUT2D eigenvalue weighted by Gasteiger charge is 2.30. The molecule has 4 nitrogen and oxygen atoms in total. The summed E-state index contributed by atoms with van der Waals surface area (Å²) in [5.74, 6) is -0.801. The fraction of sp³-hybridized carbons (Fsp3) is 0.818. The van der Waals surface area contributed by atoms with Crippen LogP contribution in [-0.4, -0.2) is 23.2 Å². The number of nitrogens with zero attached hydrogens (tertiary/aromatic N) is 1. The second kappa shape index (κ2) is 7.24. The highest BCUT2D eigenvalue weighted by molar-refractivity contribution is 5.78. The Balaban J connectivity index is 3.87. The van der Waals surface area contributed by atoms with Gasteiger partial charge in [-0.2, -0.15) is 5.26 Å². The maximum Gasteiger partial charge on any atom is 0.323 e. The third-order valence-electron chi connectivity index (χ3n) is 2.45. The number of carbonyl (C=O) groups is 1. The van der Waals surface area contributed by atoms with Crippen LogP contribution in [0, 0.1) is 11.3 Å². The van der Waals surface area contributed by atoms with Crippen LogP contribution >= 0.6 is 0 Å². The first-order chi connectivity index (χ1) is 7.06. The summed E-state index contributed by atoms with van der Waals surface area (Å²) in [5.41, 5.74) is -0.818. The Hall–Kier alpha value is -1.08. The van der Waals surface area contributed by atoms with E-state index >= 15 is 0 Å². The van der Waals surface area contributed by atoms with Crippen molar-refractivity contribution in [3.05, 3.63) is 0 Å². The van der Waals surface area contributed by atoms with Gasteiger partial charge in [0, 0.05) is 6.42 Å². The van der Waals surface area contributed by atoms with Crippen molar-refractivity contribution in [3.63, 3.8) is 0 Å². The van der Waals surface area contributed by atoms with Crippen molar-refractivity contribution in [3.8, 4) is 6.07 Å². The summed E-state index contributed by atoms with van der Waals surface area (Å²) in [6.45, 7) is 4.34. The molecule has 0 rings (SSSR count). The number of nitrogens with one attached hydrogen (secondary N) is 1. The molecule has 0 bridgehead atoms. The molecule has 0 heterocycles. The molecule has 0 aromatic heterocycles. The van der Waals surface area contributed by atoms with Gasteiger partial charge >= 0.3 is 5.97 Å². The van der Waals surface area contributed by atoms with Gasteiger partial charge in [-0.25, -0.2) is 0 Å². The van der Waals surface area contributed by atoms with Crippen molar-refractivity contribution in [1.29, 1.82) is 5.26 Å². The van der Waals surface area contributed by atoms with Crippen molar-refractivity contribution in [1.82, 2.24) is 5.32 Å². The topological polar surface area (TPSA) is 73.1 Å². The van der Waals surface area contributed by atoms with Crippen molar-refractivity contribution >= 4 is 5.97 Å². The zero-order valence-electron chi connectivity index (χ0n) is 9.55. The van der Waals surface area contributed by atoms with E-state index in [-0.39, 0.29) is 0 Å². The van der Waals surface area contributed by atoms with Gasteiger partial charge in [-0.05, 0) is 32.7 Å². The van der Waals surface area contributed by atoms with Gasteiger partial charge in [0.2, 0.25) is 0 Å². The number of carboxylic acid groups (broad SMARTS) is 1. The minimum atomic E-state index is -0.818. The molecule has 15 heavy (non-hydrogen) atoms. The van der Waals surface area contributed by atoms with Crippen LogP contribution in [0.1, 0.15) is 46.0 Å². The van der Waals surface area contributed by atoms with E-state index in [9.17, 15) is 4.79 Å². The average Bonchev–Trinajstić information content (AvgIpc) is 2.18. The third kappa shape index (κ3) is 5.38. The molecule has 0 amide bonds. The maximum absolute atomic E-state index is 11.0. The first-order valence-corrected chi connectivity index (χ1v) is 5.42. The van der Waals surface area contributed by atoms with E-state index in [4.69, 9.17) is 10.4 Å². The van der Waals surface area contributed by atoms with E-state index < -0.39 is 11.5 Å². The third-order valence-corrected chi connectivity index (χ3v) is 2.45. The number of hydrogen-bond donors (Lipinski definition) is 2. The van der Waals surface area contributed by atoms with Crippen LogP contribution in [0.3, 0.4) is 0 Å². The predicted molar refractivity (Wildman–Crippen MR) is 58.4 cm³/mol. The van der Waals surface area contributed by atoms with Gasteiger partial charge in [-0.3, -0.25) is 4.79 Å². The van der Waals surface area contributed by atoms with Crippen LogP contribution in [0.2, 0.25) is 0 Å². The number of carboxylic acids is 1. The van der Waals surface area contributed by atoms with E-state index in [0.29, 0.717) is 19.4 Å². The first-order valence-electron chi connectivity index (χ1n) is 5.42. The molecule has 0 aromatic carbocycles. The van der Waals surface area contributed by atoms with E-state index in [2.05, 4.69) is 11.4 Å². The molecular weight excluding hydrogens is 192 g/mol. The molecule has 0 radical (unpaired) electrons. The van der Waals surface area contributed by atoms with Crippen molar-refractivity contribution in [2.75, 3.05) is 6.54 Å². The fourth-order valence-corrected chi connectivity index (χ4v) is 1.46. The number of nitriles is 1. The lowest BCUT2D eigenvalue weighted by Gasteiger charge is -2.25. The summed E-state index contributed by atoms with van der Waals surface area (Å²) in [5, 5.41) is 20.4. The molecule has 0 spiro atoms. The smallest absolute Gasteiger partial charge is 0.323 e. The van der Waals surface area contributed by atoms with Gasteiger partial charge in [0.05, 0.1) is 6.07 Å². The van der Waals surface area contributed by atoms with Crippen LogP contribution in [0.5, 0.6) is 0 Å². The normalized spacial score (nSPS) is 14.2. The Labute approximate surface area is 91.3 Å². The molecule has 4 heteroatoms. The van der Waals surface area contributed by atoms with Crippen LogP contribution in [-0.2, 0) is 4.79 Å². The van der Waals surface area contributed by atoms with Gasteiger partial charge < -0.3 is 10.4 Å². The zero-order chi connectivity index (χ0) is 11.7. The quantitative estimate of drug-likeness (QED) is 0.603. The van der Waals surface area contributed by atoms with Crippen LogP contribution < -0.4 is 5.32 Å².